The molecule has 36 heavy (non-hydrogen) atoms. The maximum atomic E-state index is 10.0. The molecule has 0 saturated carbocycles. The largest absolute Gasteiger partial charge is 0.507 e. The van der Waals surface area contributed by atoms with E-state index in [0.717, 1.165) is 10.8 Å². The van der Waals surface area contributed by atoms with E-state index >= 15 is 0 Å². The summed E-state index contributed by atoms with van der Waals surface area (Å²) in [6, 6.07) is 43.7. The highest BCUT2D eigenvalue weighted by atomic mass is 16.3. The van der Waals surface area contributed by atoms with Crippen molar-refractivity contribution in [1.82, 2.24) is 0 Å². The topological polar surface area (TPSA) is 52.8 Å². The summed E-state index contributed by atoms with van der Waals surface area (Å²) < 4.78 is 0. The number of aliphatic imine (C=N–C) groups is 1. The van der Waals surface area contributed by atoms with Crippen LogP contribution in [-0.2, 0) is 0 Å². The molecule has 0 bridgehead atoms. The van der Waals surface area contributed by atoms with Crippen LogP contribution in [0.3, 0.4) is 0 Å². The fourth-order valence-electron chi connectivity index (χ4n) is 4.06. The molecule has 0 amide bonds. The van der Waals surface area contributed by atoms with Gasteiger partial charge in [0.2, 0.25) is 0 Å². The summed E-state index contributed by atoms with van der Waals surface area (Å²) in [5.41, 5.74) is 3.64. The maximum Gasteiger partial charge on any atom is 0.141 e. The lowest BCUT2D eigenvalue weighted by molar-refractivity contribution is 0.474. The lowest BCUT2D eigenvalue weighted by Gasteiger charge is -2.03. The monoisotopic (exact) mass is 467 g/mol. The lowest BCUT2D eigenvalue weighted by atomic mass is 10.0. The van der Waals surface area contributed by atoms with Crippen LogP contribution in [0.1, 0.15) is 5.56 Å². The zero-order chi connectivity index (χ0) is 24.7. The number of rotatable bonds is 3. The molecule has 2 N–H and O–H groups in total. The minimum Gasteiger partial charge on any atom is -0.507 e. The summed E-state index contributed by atoms with van der Waals surface area (Å²) in [4.78, 5) is 4.21. The third-order valence-corrected chi connectivity index (χ3v) is 5.98. The van der Waals surface area contributed by atoms with Crippen molar-refractivity contribution >= 4 is 33.4 Å². The number of aromatic hydroxyl groups is 2. The molecule has 0 spiro atoms. The predicted molar refractivity (Wildman–Crippen MR) is 150 cm³/mol. The Morgan fingerprint density at radius 3 is 1.75 bits per heavy atom. The molecule has 0 radical (unpaired) electrons. The summed E-state index contributed by atoms with van der Waals surface area (Å²) in [6.07, 6.45) is 1.55. The molecule has 0 aromatic heterocycles. The van der Waals surface area contributed by atoms with E-state index in [2.05, 4.69) is 71.7 Å². The van der Waals surface area contributed by atoms with Crippen molar-refractivity contribution in [2.45, 2.75) is 0 Å². The Balaban J connectivity index is 0.000000152. The Labute approximate surface area is 210 Å². The molecule has 3 nitrogen and oxygen atoms in total. The zero-order valence-corrected chi connectivity index (χ0v) is 19.6. The smallest absolute Gasteiger partial charge is 0.141 e. The number of hydrogen-bond donors (Lipinski definition) is 2. The quantitative estimate of drug-likeness (QED) is 0.256. The number of phenols is 2. The van der Waals surface area contributed by atoms with Gasteiger partial charge >= 0.3 is 0 Å². The van der Waals surface area contributed by atoms with Gasteiger partial charge in [0.15, 0.2) is 0 Å². The number of phenolic OH excluding ortho intramolecular Hbond substituents is 2. The molecular formula is C33H25NO2. The summed E-state index contributed by atoms with van der Waals surface area (Å²) in [7, 11) is 0. The van der Waals surface area contributed by atoms with Gasteiger partial charge in [0.05, 0.1) is 0 Å². The van der Waals surface area contributed by atoms with Gasteiger partial charge in [-0.15, -0.1) is 0 Å². The van der Waals surface area contributed by atoms with Gasteiger partial charge in [0, 0.05) is 11.8 Å². The minimum absolute atomic E-state index is 0.115. The van der Waals surface area contributed by atoms with Gasteiger partial charge in [-0.1, -0.05) is 103 Å². The Bertz CT molecular complexity index is 1660. The van der Waals surface area contributed by atoms with Crippen LogP contribution in [-0.4, -0.2) is 16.4 Å². The summed E-state index contributed by atoms with van der Waals surface area (Å²) in [6.45, 7) is 0. The van der Waals surface area contributed by atoms with Gasteiger partial charge in [-0.3, -0.25) is 4.99 Å². The van der Waals surface area contributed by atoms with Crippen molar-refractivity contribution in [3.63, 3.8) is 0 Å². The van der Waals surface area contributed by atoms with E-state index in [1.54, 1.807) is 36.5 Å². The van der Waals surface area contributed by atoms with Gasteiger partial charge in [-0.2, -0.15) is 0 Å². The first-order chi connectivity index (χ1) is 17.7. The van der Waals surface area contributed by atoms with Crippen molar-refractivity contribution < 1.29 is 10.2 Å². The van der Waals surface area contributed by atoms with Crippen molar-refractivity contribution in [2.24, 2.45) is 4.99 Å². The summed E-state index contributed by atoms with van der Waals surface area (Å²) in [5, 5.41) is 24.3. The molecule has 0 unspecified atom stereocenters. The van der Waals surface area contributed by atoms with Crippen LogP contribution in [0.25, 0.3) is 32.7 Å². The van der Waals surface area contributed by atoms with E-state index in [-0.39, 0.29) is 11.5 Å². The molecule has 6 rings (SSSR count). The standard InChI is InChI=1S/C17H13NO2.C16H12/c19-16-8-4-3-7-15(16)18-11-14-9-12-5-1-2-6-13(12)10-17(14)20;1-2-6-13(7-3-1)16-11-10-14-8-4-5-9-15(14)12-16/h1-11,19-20H;1-12H. The fourth-order valence-corrected chi connectivity index (χ4v) is 4.06. The van der Waals surface area contributed by atoms with Gasteiger partial charge in [0.1, 0.15) is 17.2 Å². The Kier molecular flexibility index (Phi) is 6.72. The third kappa shape index (κ3) is 5.26. The third-order valence-electron chi connectivity index (χ3n) is 5.98. The number of hydrogen-bond acceptors (Lipinski definition) is 3. The van der Waals surface area contributed by atoms with Crippen LogP contribution in [0.4, 0.5) is 5.69 Å². The van der Waals surface area contributed by atoms with E-state index in [0.29, 0.717) is 11.3 Å². The molecule has 3 heteroatoms. The van der Waals surface area contributed by atoms with Gasteiger partial charge < -0.3 is 10.2 Å². The second-order valence-electron chi connectivity index (χ2n) is 8.43. The highest BCUT2D eigenvalue weighted by Gasteiger charge is 2.02. The van der Waals surface area contributed by atoms with Crippen LogP contribution in [0.5, 0.6) is 11.5 Å². The molecule has 0 aliphatic rings. The Morgan fingerprint density at radius 1 is 0.444 bits per heavy atom. The number of fused-ring (bicyclic) bond motifs is 2. The van der Waals surface area contributed by atoms with E-state index in [9.17, 15) is 10.2 Å². The van der Waals surface area contributed by atoms with Crippen LogP contribution < -0.4 is 0 Å². The Morgan fingerprint density at radius 2 is 1.03 bits per heavy atom. The van der Waals surface area contributed by atoms with Gasteiger partial charge in [0.25, 0.3) is 0 Å². The van der Waals surface area contributed by atoms with Crippen molar-refractivity contribution in [3.05, 3.63) is 139 Å². The average molecular weight is 468 g/mol. The van der Waals surface area contributed by atoms with Crippen molar-refractivity contribution in [1.29, 1.82) is 0 Å². The molecule has 0 fully saturated rings. The van der Waals surface area contributed by atoms with Crippen molar-refractivity contribution in [2.75, 3.05) is 0 Å². The first-order valence-electron chi connectivity index (χ1n) is 11.8. The second-order valence-corrected chi connectivity index (χ2v) is 8.43. The molecule has 0 aliphatic heterocycles. The Hall–Kier alpha value is -4.89. The molecule has 0 aliphatic carbocycles. The summed E-state index contributed by atoms with van der Waals surface area (Å²) in [5.74, 6) is 0.284. The van der Waals surface area contributed by atoms with Crippen LogP contribution >= 0.6 is 0 Å². The van der Waals surface area contributed by atoms with E-state index < -0.39 is 0 Å². The van der Waals surface area contributed by atoms with E-state index in [1.807, 2.05) is 36.4 Å². The first-order valence-corrected chi connectivity index (χ1v) is 11.8. The molecule has 0 heterocycles. The molecule has 0 saturated heterocycles. The highest BCUT2D eigenvalue weighted by Crippen LogP contribution is 2.27. The zero-order valence-electron chi connectivity index (χ0n) is 19.6. The lowest BCUT2D eigenvalue weighted by Crippen LogP contribution is -1.83. The van der Waals surface area contributed by atoms with E-state index in [4.69, 9.17) is 0 Å². The van der Waals surface area contributed by atoms with Crippen LogP contribution in [0.15, 0.2) is 138 Å². The SMILES string of the molecule is Oc1cc2ccccc2cc1C=Nc1ccccc1O.c1ccc(-c2ccc3ccccc3c2)cc1. The van der Waals surface area contributed by atoms with Crippen LogP contribution in [0.2, 0.25) is 0 Å². The summed E-state index contributed by atoms with van der Waals surface area (Å²) >= 11 is 0. The minimum atomic E-state index is 0.115. The number of benzene rings is 6. The maximum absolute atomic E-state index is 10.0. The highest BCUT2D eigenvalue weighted by molar-refractivity contribution is 5.94. The second kappa shape index (κ2) is 10.6. The molecule has 174 valence electrons. The van der Waals surface area contributed by atoms with E-state index in [1.165, 1.54) is 21.9 Å². The average Bonchev–Trinajstić information content (AvgIpc) is 2.93. The number of para-hydroxylation sites is 2. The van der Waals surface area contributed by atoms with Gasteiger partial charge in [-0.25, -0.2) is 0 Å². The van der Waals surface area contributed by atoms with Crippen LogP contribution in [0, 0.1) is 0 Å². The predicted octanol–water partition coefficient (Wildman–Crippen LogP) is 8.51. The molecule has 6 aromatic rings. The fraction of sp³-hybridized carbons (Fsp3) is 0. The van der Waals surface area contributed by atoms with Crippen molar-refractivity contribution in [3.8, 4) is 22.6 Å². The molecular weight excluding hydrogens is 442 g/mol. The number of nitrogens with zero attached hydrogens (tertiary/aromatic N) is 1. The first kappa shape index (κ1) is 22.9. The normalized spacial score (nSPS) is 10.9. The molecule has 6 aromatic carbocycles. The van der Waals surface area contributed by atoms with Gasteiger partial charge in [-0.05, 0) is 63.0 Å². The molecule has 0 atom stereocenters.